The molecule has 2 rings (SSSR count). The maximum Gasteiger partial charge on any atom is 0.123 e. The summed E-state index contributed by atoms with van der Waals surface area (Å²) < 4.78 is 13.0. The fourth-order valence-corrected chi connectivity index (χ4v) is 3.02. The minimum absolute atomic E-state index is 0.225. The van der Waals surface area contributed by atoms with E-state index in [1.165, 1.54) is 17.0 Å². The van der Waals surface area contributed by atoms with E-state index in [0.29, 0.717) is 6.54 Å². The Morgan fingerprint density at radius 3 is 2.45 bits per heavy atom. The number of hydrogen-bond acceptors (Lipinski definition) is 3. The number of anilines is 2. The number of rotatable bonds is 5. The van der Waals surface area contributed by atoms with Gasteiger partial charge in [0.1, 0.15) is 5.82 Å². The lowest BCUT2D eigenvalue weighted by atomic mass is 10.1. The van der Waals surface area contributed by atoms with Gasteiger partial charge in [0.15, 0.2) is 0 Å². The number of hydrogen-bond donors (Lipinski definition) is 1. The van der Waals surface area contributed by atoms with Crippen LogP contribution in [0.3, 0.4) is 0 Å². The number of nitrogens with two attached hydrogens (primary N) is 1. The molecule has 0 saturated carbocycles. The average molecular weight is 290 g/mol. The fraction of sp³-hybridized carbons (Fsp3) is 0.250. The van der Waals surface area contributed by atoms with E-state index in [1.807, 2.05) is 24.1 Å². The lowest BCUT2D eigenvalue weighted by Crippen LogP contribution is -2.14. The summed E-state index contributed by atoms with van der Waals surface area (Å²) in [5.74, 6) is 0.785. The Bertz CT molecular complexity index is 569. The zero-order valence-electron chi connectivity index (χ0n) is 11.8. The molecule has 20 heavy (non-hydrogen) atoms. The molecule has 2 nitrogen and oxygen atoms in total. The second-order valence-corrected chi connectivity index (χ2v) is 5.73. The summed E-state index contributed by atoms with van der Waals surface area (Å²) in [6.45, 7) is 2.62. The van der Waals surface area contributed by atoms with E-state index >= 15 is 0 Å². The van der Waals surface area contributed by atoms with Crippen molar-refractivity contribution in [2.45, 2.75) is 18.4 Å². The highest BCUT2D eigenvalue weighted by Gasteiger charge is 2.12. The van der Waals surface area contributed by atoms with Gasteiger partial charge >= 0.3 is 0 Å². The molecule has 0 atom stereocenters. The average Bonchev–Trinajstić information content (AvgIpc) is 2.47. The van der Waals surface area contributed by atoms with Gasteiger partial charge in [0.25, 0.3) is 0 Å². The highest BCUT2D eigenvalue weighted by Crippen LogP contribution is 2.33. The quantitative estimate of drug-likeness (QED) is 0.838. The van der Waals surface area contributed by atoms with Crippen LogP contribution in [-0.2, 0) is 6.54 Å². The van der Waals surface area contributed by atoms with Crippen LogP contribution in [0.25, 0.3) is 0 Å². The van der Waals surface area contributed by atoms with E-state index in [0.717, 1.165) is 22.7 Å². The van der Waals surface area contributed by atoms with Crippen molar-refractivity contribution in [2.75, 3.05) is 17.7 Å². The molecular weight excluding hydrogens is 271 g/mol. The summed E-state index contributed by atoms with van der Waals surface area (Å²) in [6.07, 6.45) is 0. The molecule has 2 N–H and O–H groups in total. The Labute approximate surface area is 123 Å². The minimum atomic E-state index is -0.225. The molecular formula is C16H19FN2S. The smallest absolute Gasteiger partial charge is 0.123 e. The first kappa shape index (κ1) is 14.9. The second-order valence-electron chi connectivity index (χ2n) is 4.43. The molecule has 0 bridgehead atoms. The topological polar surface area (TPSA) is 29.3 Å². The van der Waals surface area contributed by atoms with Crippen molar-refractivity contribution in [1.82, 2.24) is 0 Å². The van der Waals surface area contributed by atoms with Crippen molar-refractivity contribution >= 4 is 23.1 Å². The molecule has 0 aromatic heterocycles. The summed E-state index contributed by atoms with van der Waals surface area (Å²) >= 11 is 1.79. The molecule has 0 amide bonds. The third-order valence-corrected chi connectivity index (χ3v) is 4.17. The Morgan fingerprint density at radius 1 is 1.15 bits per heavy atom. The molecule has 0 aliphatic rings. The third kappa shape index (κ3) is 3.14. The molecule has 0 unspecified atom stereocenters. The molecule has 0 radical (unpaired) electrons. The van der Waals surface area contributed by atoms with Gasteiger partial charge in [-0.2, -0.15) is 0 Å². The third-order valence-electron chi connectivity index (χ3n) is 3.19. The summed E-state index contributed by atoms with van der Waals surface area (Å²) in [5, 5.41) is 0. The molecule has 2 aromatic rings. The largest absolute Gasteiger partial charge is 0.344 e. The van der Waals surface area contributed by atoms with Gasteiger partial charge in [-0.05, 0) is 42.2 Å². The van der Waals surface area contributed by atoms with Crippen LogP contribution >= 0.6 is 11.8 Å². The van der Waals surface area contributed by atoms with Gasteiger partial charge in [0.05, 0.1) is 0 Å². The van der Waals surface area contributed by atoms with E-state index in [-0.39, 0.29) is 5.82 Å². The SMILES string of the molecule is CCSc1cccc(N(C)c2ccc(F)cc2)c1CN. The summed E-state index contributed by atoms with van der Waals surface area (Å²) in [6, 6.07) is 12.7. The van der Waals surface area contributed by atoms with Crippen LogP contribution in [0.15, 0.2) is 47.4 Å². The zero-order valence-corrected chi connectivity index (χ0v) is 12.6. The Balaban J connectivity index is 2.40. The van der Waals surface area contributed by atoms with Crippen LogP contribution in [0, 0.1) is 5.82 Å². The second kappa shape index (κ2) is 6.77. The van der Waals surface area contributed by atoms with Crippen molar-refractivity contribution in [1.29, 1.82) is 0 Å². The van der Waals surface area contributed by atoms with Crippen LogP contribution in [0.4, 0.5) is 15.8 Å². The van der Waals surface area contributed by atoms with E-state index in [9.17, 15) is 4.39 Å². The van der Waals surface area contributed by atoms with Gasteiger partial charge in [-0.3, -0.25) is 0 Å². The summed E-state index contributed by atoms with van der Waals surface area (Å²) in [7, 11) is 1.97. The first-order valence-corrected chi connectivity index (χ1v) is 7.60. The molecule has 0 aliphatic heterocycles. The first-order valence-electron chi connectivity index (χ1n) is 6.61. The van der Waals surface area contributed by atoms with Gasteiger partial charge in [-0.1, -0.05) is 13.0 Å². The van der Waals surface area contributed by atoms with E-state index in [1.54, 1.807) is 23.9 Å². The molecule has 0 spiro atoms. The normalized spacial score (nSPS) is 10.6. The predicted molar refractivity (Wildman–Crippen MR) is 85.2 cm³/mol. The maximum atomic E-state index is 13.0. The van der Waals surface area contributed by atoms with E-state index < -0.39 is 0 Å². The molecule has 0 fully saturated rings. The van der Waals surface area contributed by atoms with Gasteiger partial charge in [0.2, 0.25) is 0 Å². The standard InChI is InChI=1S/C16H19FN2S/c1-3-20-16-6-4-5-15(14(16)11-18)19(2)13-9-7-12(17)8-10-13/h4-10H,3,11,18H2,1-2H3. The monoisotopic (exact) mass is 290 g/mol. The predicted octanol–water partition coefficient (Wildman–Crippen LogP) is 4.16. The van der Waals surface area contributed by atoms with Gasteiger partial charge < -0.3 is 10.6 Å². The van der Waals surface area contributed by atoms with Gasteiger partial charge in [-0.15, -0.1) is 11.8 Å². The van der Waals surface area contributed by atoms with Crippen LogP contribution in [0.1, 0.15) is 12.5 Å². The van der Waals surface area contributed by atoms with Gasteiger partial charge in [0, 0.05) is 35.4 Å². The first-order chi connectivity index (χ1) is 9.67. The molecule has 0 saturated heterocycles. The van der Waals surface area contributed by atoms with Crippen LogP contribution in [0.2, 0.25) is 0 Å². The van der Waals surface area contributed by atoms with Gasteiger partial charge in [-0.25, -0.2) is 4.39 Å². The Kier molecular flexibility index (Phi) is 5.04. The van der Waals surface area contributed by atoms with Crippen molar-refractivity contribution in [3.8, 4) is 0 Å². The van der Waals surface area contributed by atoms with E-state index in [4.69, 9.17) is 5.73 Å². The summed E-state index contributed by atoms with van der Waals surface area (Å²) in [4.78, 5) is 3.25. The number of nitrogens with zero attached hydrogens (tertiary/aromatic N) is 1. The molecule has 0 aliphatic carbocycles. The minimum Gasteiger partial charge on any atom is -0.344 e. The fourth-order valence-electron chi connectivity index (χ4n) is 2.17. The Hall–Kier alpha value is -1.52. The zero-order chi connectivity index (χ0) is 14.5. The van der Waals surface area contributed by atoms with Crippen molar-refractivity contribution < 1.29 is 4.39 Å². The number of halogens is 1. The van der Waals surface area contributed by atoms with Crippen molar-refractivity contribution in [2.24, 2.45) is 5.73 Å². The lowest BCUT2D eigenvalue weighted by Gasteiger charge is -2.24. The highest BCUT2D eigenvalue weighted by molar-refractivity contribution is 7.99. The molecule has 4 heteroatoms. The number of thioether (sulfide) groups is 1. The lowest BCUT2D eigenvalue weighted by molar-refractivity contribution is 0.628. The molecule has 2 aromatic carbocycles. The van der Waals surface area contributed by atoms with Crippen LogP contribution < -0.4 is 10.6 Å². The van der Waals surface area contributed by atoms with Crippen LogP contribution in [0.5, 0.6) is 0 Å². The van der Waals surface area contributed by atoms with E-state index in [2.05, 4.69) is 13.0 Å². The molecule has 0 heterocycles. The van der Waals surface area contributed by atoms with Crippen molar-refractivity contribution in [3.05, 3.63) is 53.8 Å². The number of benzene rings is 2. The maximum absolute atomic E-state index is 13.0. The molecule has 106 valence electrons. The summed E-state index contributed by atoms with van der Waals surface area (Å²) in [5.41, 5.74) is 9.06. The Morgan fingerprint density at radius 2 is 1.85 bits per heavy atom. The van der Waals surface area contributed by atoms with Crippen LogP contribution in [-0.4, -0.2) is 12.8 Å². The highest BCUT2D eigenvalue weighted by atomic mass is 32.2. The van der Waals surface area contributed by atoms with Crippen molar-refractivity contribution in [3.63, 3.8) is 0 Å².